The number of rotatable bonds is 7. The van der Waals surface area contributed by atoms with Crippen LogP contribution in [0.2, 0.25) is 0 Å². The van der Waals surface area contributed by atoms with E-state index in [9.17, 15) is 4.79 Å². The van der Waals surface area contributed by atoms with Gasteiger partial charge in [-0.3, -0.25) is 4.79 Å². The molecule has 1 unspecified atom stereocenters. The van der Waals surface area contributed by atoms with E-state index >= 15 is 0 Å². The van der Waals surface area contributed by atoms with E-state index in [0.717, 1.165) is 17.7 Å². The topological polar surface area (TPSA) is 61.5 Å². The summed E-state index contributed by atoms with van der Waals surface area (Å²) in [4.78, 5) is 12.8. The minimum atomic E-state index is -0.503. The molecule has 0 heterocycles. The van der Waals surface area contributed by atoms with Gasteiger partial charge in [0.2, 0.25) is 5.78 Å². The monoisotopic (exact) mass is 313 g/mol. The lowest BCUT2D eigenvalue weighted by Gasteiger charge is -2.18. The molecule has 0 saturated heterocycles. The molecule has 122 valence electrons. The molecule has 2 aromatic rings. The molecule has 1 atom stereocenters. The van der Waals surface area contributed by atoms with Crippen molar-refractivity contribution < 1.29 is 14.3 Å². The molecule has 0 fully saturated rings. The molecule has 0 spiro atoms. The second kappa shape index (κ2) is 7.68. The number of nitrogen functional groups attached to an aromatic ring is 1. The molecule has 4 heteroatoms. The number of carbonyl (C=O) groups is 1. The summed E-state index contributed by atoms with van der Waals surface area (Å²) < 4.78 is 11.1. The van der Waals surface area contributed by atoms with Crippen molar-refractivity contribution in [2.75, 3.05) is 12.8 Å². The molecule has 0 aromatic heterocycles. The quantitative estimate of drug-likeness (QED) is 0.619. The van der Waals surface area contributed by atoms with E-state index in [-0.39, 0.29) is 5.78 Å². The summed E-state index contributed by atoms with van der Waals surface area (Å²) in [6.45, 7) is 3.96. The molecule has 4 nitrogen and oxygen atoms in total. The van der Waals surface area contributed by atoms with Crippen LogP contribution in [0.3, 0.4) is 0 Å². The molecule has 0 saturated carbocycles. The Morgan fingerprint density at radius 3 is 2.43 bits per heavy atom. The first-order valence-corrected chi connectivity index (χ1v) is 7.76. The van der Waals surface area contributed by atoms with Gasteiger partial charge in [0.15, 0.2) is 6.10 Å². The predicted molar refractivity (Wildman–Crippen MR) is 92.2 cm³/mol. The Balaban J connectivity index is 2.20. The number of benzene rings is 2. The lowest BCUT2D eigenvalue weighted by molar-refractivity contribution is 0.0777. The normalized spacial score (nSPS) is 11.8. The van der Waals surface area contributed by atoms with Gasteiger partial charge in [0.1, 0.15) is 11.5 Å². The molecule has 0 amide bonds. The van der Waals surface area contributed by atoms with Crippen LogP contribution in [-0.4, -0.2) is 19.0 Å². The van der Waals surface area contributed by atoms with E-state index in [1.54, 1.807) is 37.4 Å². The molecule has 0 aliphatic rings. The van der Waals surface area contributed by atoms with Gasteiger partial charge in [-0.05, 0) is 61.4 Å². The molecule has 0 radical (unpaired) electrons. The molecule has 2 rings (SSSR count). The number of anilines is 1. The standard InChI is InChI=1S/C19H23NO3/c1-4-5-18(23-16-9-7-15(20)8-10-16)19(21)14-6-11-17(22-3)13(2)12-14/h6-12,18H,4-5,20H2,1-3H3. The summed E-state index contributed by atoms with van der Waals surface area (Å²) >= 11 is 0. The first kappa shape index (κ1) is 16.9. The van der Waals surface area contributed by atoms with Crippen LogP contribution in [-0.2, 0) is 0 Å². The lowest BCUT2D eigenvalue weighted by atomic mass is 10.0. The summed E-state index contributed by atoms with van der Waals surface area (Å²) in [5.74, 6) is 1.40. The number of nitrogens with two attached hydrogens (primary N) is 1. The van der Waals surface area contributed by atoms with Crippen molar-refractivity contribution in [2.45, 2.75) is 32.8 Å². The van der Waals surface area contributed by atoms with Crippen LogP contribution in [0.4, 0.5) is 5.69 Å². The van der Waals surface area contributed by atoms with Gasteiger partial charge in [-0.2, -0.15) is 0 Å². The maximum Gasteiger partial charge on any atom is 0.203 e. The van der Waals surface area contributed by atoms with Gasteiger partial charge < -0.3 is 15.2 Å². The summed E-state index contributed by atoms with van der Waals surface area (Å²) in [6.07, 6.45) is 1.02. The van der Waals surface area contributed by atoms with Crippen LogP contribution >= 0.6 is 0 Å². The molecule has 0 aliphatic heterocycles. The lowest BCUT2D eigenvalue weighted by Crippen LogP contribution is -2.27. The Labute approximate surface area is 137 Å². The Hall–Kier alpha value is -2.49. The minimum Gasteiger partial charge on any atom is -0.496 e. The average Bonchev–Trinajstić information content (AvgIpc) is 2.55. The van der Waals surface area contributed by atoms with Crippen LogP contribution in [0, 0.1) is 6.92 Å². The summed E-state index contributed by atoms with van der Waals surface area (Å²) in [5.41, 5.74) is 7.91. The van der Waals surface area contributed by atoms with Gasteiger partial charge in [0.25, 0.3) is 0 Å². The second-order valence-corrected chi connectivity index (χ2v) is 5.51. The summed E-state index contributed by atoms with van der Waals surface area (Å²) in [6, 6.07) is 12.5. The minimum absolute atomic E-state index is 0.0190. The molecular weight excluding hydrogens is 290 g/mol. The summed E-state index contributed by atoms with van der Waals surface area (Å²) in [7, 11) is 1.62. The number of ketones is 1. The van der Waals surface area contributed by atoms with Gasteiger partial charge >= 0.3 is 0 Å². The highest BCUT2D eigenvalue weighted by Crippen LogP contribution is 2.22. The van der Waals surface area contributed by atoms with Crippen LogP contribution in [0.15, 0.2) is 42.5 Å². The van der Waals surface area contributed by atoms with Gasteiger partial charge in [-0.1, -0.05) is 13.3 Å². The van der Waals surface area contributed by atoms with E-state index < -0.39 is 6.10 Å². The zero-order valence-electron chi connectivity index (χ0n) is 13.8. The average molecular weight is 313 g/mol. The third kappa shape index (κ3) is 4.25. The van der Waals surface area contributed by atoms with Gasteiger partial charge in [-0.15, -0.1) is 0 Å². The fourth-order valence-corrected chi connectivity index (χ4v) is 2.43. The van der Waals surface area contributed by atoms with Crippen LogP contribution in [0.5, 0.6) is 11.5 Å². The van der Waals surface area contributed by atoms with Gasteiger partial charge in [0.05, 0.1) is 7.11 Å². The molecular formula is C19H23NO3. The summed E-state index contributed by atoms with van der Waals surface area (Å²) in [5, 5.41) is 0. The molecule has 2 aromatic carbocycles. The van der Waals surface area contributed by atoms with E-state index in [4.69, 9.17) is 15.2 Å². The number of Topliss-reactive ketones (excluding diaryl/α,β-unsaturated/α-hetero) is 1. The van der Waals surface area contributed by atoms with E-state index in [0.29, 0.717) is 23.4 Å². The van der Waals surface area contributed by atoms with Crippen molar-refractivity contribution in [3.05, 3.63) is 53.6 Å². The molecule has 0 aliphatic carbocycles. The van der Waals surface area contributed by atoms with E-state index in [2.05, 4.69) is 0 Å². The largest absolute Gasteiger partial charge is 0.496 e. The number of ether oxygens (including phenoxy) is 2. The van der Waals surface area contributed by atoms with Crippen LogP contribution in [0.1, 0.15) is 35.7 Å². The van der Waals surface area contributed by atoms with E-state index in [1.807, 2.05) is 26.0 Å². The number of hydrogen-bond acceptors (Lipinski definition) is 4. The SMILES string of the molecule is CCCC(Oc1ccc(N)cc1)C(=O)c1ccc(OC)c(C)c1. The highest BCUT2D eigenvalue weighted by molar-refractivity contribution is 6.00. The third-order valence-corrected chi connectivity index (χ3v) is 3.68. The number of aryl methyl sites for hydroxylation is 1. The Kier molecular flexibility index (Phi) is 5.63. The van der Waals surface area contributed by atoms with E-state index in [1.165, 1.54) is 0 Å². The van der Waals surface area contributed by atoms with Gasteiger partial charge in [-0.25, -0.2) is 0 Å². The van der Waals surface area contributed by atoms with Crippen molar-refractivity contribution in [1.82, 2.24) is 0 Å². The maximum atomic E-state index is 12.8. The Bertz CT molecular complexity index is 665. The first-order valence-electron chi connectivity index (χ1n) is 7.76. The van der Waals surface area contributed by atoms with Crippen molar-refractivity contribution in [2.24, 2.45) is 0 Å². The fraction of sp³-hybridized carbons (Fsp3) is 0.316. The highest BCUT2D eigenvalue weighted by Gasteiger charge is 2.22. The number of methoxy groups -OCH3 is 1. The second-order valence-electron chi connectivity index (χ2n) is 5.51. The highest BCUT2D eigenvalue weighted by atomic mass is 16.5. The first-order chi connectivity index (χ1) is 11.0. The van der Waals surface area contributed by atoms with Gasteiger partial charge in [0, 0.05) is 11.3 Å². The van der Waals surface area contributed by atoms with Crippen LogP contribution < -0.4 is 15.2 Å². The van der Waals surface area contributed by atoms with Crippen LogP contribution in [0.25, 0.3) is 0 Å². The predicted octanol–water partition coefficient (Wildman–Crippen LogP) is 4.02. The Morgan fingerprint density at radius 2 is 1.87 bits per heavy atom. The molecule has 2 N–H and O–H groups in total. The Morgan fingerprint density at radius 1 is 1.17 bits per heavy atom. The van der Waals surface area contributed by atoms with Crippen molar-refractivity contribution in [3.8, 4) is 11.5 Å². The third-order valence-electron chi connectivity index (χ3n) is 3.68. The van der Waals surface area contributed by atoms with Crippen molar-refractivity contribution in [3.63, 3.8) is 0 Å². The maximum absolute atomic E-state index is 12.8. The molecule has 23 heavy (non-hydrogen) atoms. The zero-order valence-corrected chi connectivity index (χ0v) is 13.8. The van der Waals surface area contributed by atoms with Crippen molar-refractivity contribution >= 4 is 11.5 Å². The smallest absolute Gasteiger partial charge is 0.203 e. The molecule has 0 bridgehead atoms. The van der Waals surface area contributed by atoms with Crippen molar-refractivity contribution in [1.29, 1.82) is 0 Å². The number of carbonyl (C=O) groups excluding carboxylic acids is 1. The zero-order chi connectivity index (χ0) is 16.8. The fourth-order valence-electron chi connectivity index (χ4n) is 2.43. The number of hydrogen-bond donors (Lipinski definition) is 1.